The monoisotopic (exact) mass is 485 g/mol. The van der Waals surface area contributed by atoms with Crippen LogP contribution in [0.2, 0.25) is 0 Å². The zero-order chi connectivity index (χ0) is 24.8. The summed E-state index contributed by atoms with van der Waals surface area (Å²) < 4.78 is 6.94. The van der Waals surface area contributed by atoms with Gasteiger partial charge in [-0.3, -0.25) is 4.98 Å². The maximum absolute atomic E-state index is 11.5. The Bertz CT molecular complexity index is 1750. The molecule has 1 fully saturated rings. The van der Waals surface area contributed by atoms with Gasteiger partial charge in [-0.1, -0.05) is 29.4 Å². The number of nitrogens with one attached hydrogen (secondary N) is 3. The summed E-state index contributed by atoms with van der Waals surface area (Å²) in [6.45, 7) is 4.28. The summed E-state index contributed by atoms with van der Waals surface area (Å²) in [5.74, 6) is 0.886. The summed E-state index contributed by atoms with van der Waals surface area (Å²) in [6, 6.07) is 8.25. The van der Waals surface area contributed by atoms with Gasteiger partial charge in [0.15, 0.2) is 5.65 Å². The predicted octanol–water partition coefficient (Wildman–Crippen LogP) is 1.34. The minimum atomic E-state index is -0.506. The maximum Gasteiger partial charge on any atom is 0.326 e. The number of anilines is 1. The van der Waals surface area contributed by atoms with Gasteiger partial charge in [0.25, 0.3) is 5.62 Å². The van der Waals surface area contributed by atoms with Gasteiger partial charge in [-0.15, -0.1) is 0 Å². The minimum Gasteiger partial charge on any atom is -0.493 e. The van der Waals surface area contributed by atoms with E-state index in [2.05, 4.69) is 35.5 Å². The molecular weight excluding hydrogens is 462 g/mol. The predicted molar refractivity (Wildman–Crippen MR) is 130 cm³/mol. The molecule has 12 nitrogen and oxygen atoms in total. The van der Waals surface area contributed by atoms with Gasteiger partial charge in [0.05, 0.1) is 17.9 Å². The van der Waals surface area contributed by atoms with E-state index in [1.54, 1.807) is 16.8 Å². The second kappa shape index (κ2) is 8.48. The van der Waals surface area contributed by atoms with Crippen molar-refractivity contribution in [2.45, 2.75) is 39.3 Å². The van der Waals surface area contributed by atoms with E-state index in [-0.39, 0.29) is 17.6 Å². The van der Waals surface area contributed by atoms with E-state index in [0.717, 1.165) is 41.0 Å². The molecule has 0 unspecified atom stereocenters. The van der Waals surface area contributed by atoms with Crippen molar-refractivity contribution in [3.8, 4) is 17.0 Å². The molecule has 0 saturated heterocycles. The van der Waals surface area contributed by atoms with Gasteiger partial charge in [0.1, 0.15) is 11.5 Å². The van der Waals surface area contributed by atoms with Crippen LogP contribution in [0.1, 0.15) is 35.6 Å². The van der Waals surface area contributed by atoms with Crippen LogP contribution in [0.15, 0.2) is 44.8 Å². The lowest BCUT2D eigenvalue weighted by Gasteiger charge is -2.11. The average molecular weight is 486 g/mol. The Morgan fingerprint density at radius 3 is 2.81 bits per heavy atom. The number of nitrogens with zero attached hydrogens (tertiary/aromatic N) is 6. The zero-order valence-electron chi connectivity index (χ0n) is 19.6. The van der Waals surface area contributed by atoms with Crippen molar-refractivity contribution in [2.24, 2.45) is 4.99 Å². The quantitative estimate of drug-likeness (QED) is 0.280. The molecule has 4 N–H and O–H groups in total. The first-order chi connectivity index (χ1) is 17.5. The first-order valence-corrected chi connectivity index (χ1v) is 11.5. The van der Waals surface area contributed by atoms with Gasteiger partial charge in [-0.2, -0.15) is 19.6 Å². The van der Waals surface area contributed by atoms with E-state index in [1.807, 2.05) is 38.1 Å². The van der Waals surface area contributed by atoms with Crippen molar-refractivity contribution in [3.63, 3.8) is 0 Å². The van der Waals surface area contributed by atoms with Crippen LogP contribution in [-0.4, -0.2) is 45.9 Å². The van der Waals surface area contributed by atoms with Crippen LogP contribution in [-0.2, 0) is 6.54 Å². The highest BCUT2D eigenvalue weighted by molar-refractivity contribution is 5.71. The summed E-state index contributed by atoms with van der Waals surface area (Å²) in [5.41, 5.74) is 4.52. The topological polar surface area (TPSA) is 162 Å². The lowest BCUT2D eigenvalue weighted by molar-refractivity contribution is 0.393. The Morgan fingerprint density at radius 2 is 2.08 bits per heavy atom. The zero-order valence-corrected chi connectivity index (χ0v) is 19.6. The van der Waals surface area contributed by atoms with Gasteiger partial charge in [-0.25, -0.2) is 9.79 Å². The molecule has 0 atom stereocenters. The van der Waals surface area contributed by atoms with Crippen LogP contribution in [0.3, 0.4) is 0 Å². The van der Waals surface area contributed by atoms with Crippen LogP contribution in [0, 0.1) is 13.8 Å². The molecule has 0 amide bonds. The first kappa shape index (κ1) is 21.8. The number of fused-ring (bicyclic) bond motifs is 1. The molecule has 1 aliphatic rings. The summed E-state index contributed by atoms with van der Waals surface area (Å²) in [7, 11) is 0. The fourth-order valence-corrected chi connectivity index (χ4v) is 4.12. The highest BCUT2D eigenvalue weighted by atomic mass is 16.5. The van der Waals surface area contributed by atoms with E-state index in [1.165, 1.54) is 0 Å². The van der Waals surface area contributed by atoms with Gasteiger partial charge in [0.2, 0.25) is 11.8 Å². The van der Waals surface area contributed by atoms with Crippen LogP contribution in [0.5, 0.6) is 5.88 Å². The summed E-state index contributed by atoms with van der Waals surface area (Å²) in [5, 5.41) is 22.4. The molecule has 0 radical (unpaired) electrons. The minimum absolute atomic E-state index is 0.220. The molecular formula is C24H23N9O3. The van der Waals surface area contributed by atoms with Crippen LogP contribution in [0.25, 0.3) is 22.9 Å². The van der Waals surface area contributed by atoms with Crippen molar-refractivity contribution in [3.05, 3.63) is 74.5 Å². The first-order valence-electron chi connectivity index (χ1n) is 11.5. The van der Waals surface area contributed by atoms with E-state index >= 15 is 0 Å². The summed E-state index contributed by atoms with van der Waals surface area (Å²) >= 11 is 0. The Kier molecular flexibility index (Phi) is 5.13. The second-order valence-electron chi connectivity index (χ2n) is 8.74. The highest BCUT2D eigenvalue weighted by Gasteiger charge is 2.21. The standard InChI is InChI=1S/C24H23N9O3/c1-12-19(13(2)36-32-12)17-6-4-3-5-14(17)10-25-22-29-20-15(9-18-21(34)30-24(35)28-18)11-26-33(20)23(31-22)27-16-7-8-16/h3-6,9,11,16,34H,7-8,10H2,1-2H3,(H,25,27,31)(H2,28,30,35). The van der Waals surface area contributed by atoms with Gasteiger partial charge < -0.3 is 19.9 Å². The fourth-order valence-electron chi connectivity index (χ4n) is 4.12. The average Bonchev–Trinajstić information content (AvgIpc) is 3.36. The number of hydrogen-bond acceptors (Lipinski definition) is 9. The molecule has 4 aromatic heterocycles. The third kappa shape index (κ3) is 4.02. The molecule has 4 heterocycles. The number of aromatic hydroxyl groups is 1. The fraction of sp³-hybridized carbons (Fsp3) is 0.250. The molecule has 1 saturated carbocycles. The largest absolute Gasteiger partial charge is 0.493 e. The SMILES string of the molecule is Cc1noc(C)c1-c1ccccc1CNc1nc(=NC2CC2)n2ncc(=Cc3[nH]c(=O)[nH]c3O)c2n1. The van der Waals surface area contributed by atoms with E-state index in [0.29, 0.717) is 29.0 Å². The Balaban J connectivity index is 1.41. The number of benzene rings is 1. The molecule has 1 aromatic carbocycles. The molecule has 5 aromatic rings. The second-order valence-corrected chi connectivity index (χ2v) is 8.74. The Morgan fingerprint density at radius 1 is 1.25 bits per heavy atom. The van der Waals surface area contributed by atoms with Crippen molar-refractivity contribution in [1.82, 2.24) is 34.7 Å². The number of hydrogen-bond donors (Lipinski definition) is 4. The van der Waals surface area contributed by atoms with Gasteiger partial charge in [-0.05, 0) is 43.9 Å². The summed E-state index contributed by atoms with van der Waals surface area (Å²) in [4.78, 5) is 30.4. The van der Waals surface area contributed by atoms with E-state index in [9.17, 15) is 9.90 Å². The number of rotatable bonds is 6. The molecule has 6 rings (SSSR count). The van der Waals surface area contributed by atoms with Crippen molar-refractivity contribution in [1.29, 1.82) is 0 Å². The van der Waals surface area contributed by atoms with Gasteiger partial charge >= 0.3 is 5.69 Å². The molecule has 0 bridgehead atoms. The number of aromatic amines is 2. The number of imidazole rings is 1. The lowest BCUT2D eigenvalue weighted by atomic mass is 9.98. The third-order valence-electron chi connectivity index (χ3n) is 6.02. The summed E-state index contributed by atoms with van der Waals surface area (Å²) in [6.07, 6.45) is 5.22. The van der Waals surface area contributed by atoms with Crippen LogP contribution < -0.4 is 21.8 Å². The van der Waals surface area contributed by atoms with Crippen molar-refractivity contribution < 1.29 is 9.63 Å². The maximum atomic E-state index is 11.5. The smallest absolute Gasteiger partial charge is 0.326 e. The molecule has 182 valence electrons. The third-order valence-corrected chi connectivity index (χ3v) is 6.02. The number of H-pyrrole nitrogens is 2. The normalized spacial score (nSPS) is 14.7. The van der Waals surface area contributed by atoms with Crippen molar-refractivity contribution >= 4 is 17.7 Å². The van der Waals surface area contributed by atoms with Crippen molar-refractivity contribution in [2.75, 3.05) is 5.32 Å². The lowest BCUT2D eigenvalue weighted by Crippen LogP contribution is -2.24. The van der Waals surface area contributed by atoms with E-state index in [4.69, 9.17) is 9.52 Å². The Labute approximate surface area is 203 Å². The molecule has 1 aliphatic carbocycles. The van der Waals surface area contributed by atoms with Crippen LogP contribution >= 0.6 is 0 Å². The Hall–Kier alpha value is -4.74. The highest BCUT2D eigenvalue weighted by Crippen LogP contribution is 2.30. The van der Waals surface area contributed by atoms with E-state index < -0.39 is 5.69 Å². The molecule has 36 heavy (non-hydrogen) atoms. The van der Waals surface area contributed by atoms with Crippen LogP contribution in [0.4, 0.5) is 5.95 Å². The molecule has 0 spiro atoms. The number of aryl methyl sites for hydroxylation is 2. The van der Waals surface area contributed by atoms with Gasteiger partial charge in [0, 0.05) is 17.3 Å². The number of aromatic nitrogens is 7. The molecule has 12 heteroatoms. The molecule has 0 aliphatic heterocycles.